The van der Waals surface area contributed by atoms with E-state index in [2.05, 4.69) is 10.3 Å². The Kier molecular flexibility index (Phi) is 6.89. The molecule has 4 rings (SSSR count). The Hall–Kier alpha value is -2.84. The molecule has 0 bridgehead atoms. The van der Waals surface area contributed by atoms with E-state index in [-0.39, 0.29) is 23.3 Å². The number of para-hydroxylation sites is 1. The van der Waals surface area contributed by atoms with E-state index in [0.29, 0.717) is 29.1 Å². The number of nitrogens with one attached hydrogen (secondary N) is 1. The fourth-order valence-electron chi connectivity index (χ4n) is 3.54. The van der Waals surface area contributed by atoms with Crippen molar-refractivity contribution < 1.29 is 14.3 Å². The molecule has 1 aliphatic rings. The summed E-state index contributed by atoms with van der Waals surface area (Å²) in [5.74, 6) is 0.830. The molecule has 7 nitrogen and oxygen atoms in total. The van der Waals surface area contributed by atoms with Crippen LogP contribution in [0.15, 0.2) is 58.5 Å². The number of carbonyl (C=O) groups excluding carboxylic acids is 1. The van der Waals surface area contributed by atoms with Crippen LogP contribution < -0.4 is 15.6 Å². The SMILES string of the molecule is COc1ccc(CNC(=O)CSc2nc3ccccc3c(=O)n2CC2CCCO2)cc1. The van der Waals surface area contributed by atoms with Gasteiger partial charge in [0.1, 0.15) is 5.75 Å². The summed E-state index contributed by atoms with van der Waals surface area (Å²) in [6, 6.07) is 14.8. The van der Waals surface area contributed by atoms with Crippen molar-refractivity contribution in [2.24, 2.45) is 0 Å². The first-order chi connectivity index (χ1) is 15.1. The van der Waals surface area contributed by atoms with Crippen LogP contribution in [-0.2, 0) is 22.6 Å². The number of hydrogen-bond acceptors (Lipinski definition) is 6. The highest BCUT2D eigenvalue weighted by Gasteiger charge is 2.20. The lowest BCUT2D eigenvalue weighted by molar-refractivity contribution is -0.118. The third-order valence-corrected chi connectivity index (χ3v) is 6.19. The van der Waals surface area contributed by atoms with Crippen LogP contribution in [0.3, 0.4) is 0 Å². The summed E-state index contributed by atoms with van der Waals surface area (Å²) >= 11 is 1.27. The molecule has 1 fully saturated rings. The van der Waals surface area contributed by atoms with Gasteiger partial charge in [0, 0.05) is 13.2 Å². The van der Waals surface area contributed by atoms with E-state index < -0.39 is 0 Å². The summed E-state index contributed by atoms with van der Waals surface area (Å²) in [4.78, 5) is 30.2. The van der Waals surface area contributed by atoms with Gasteiger partial charge in [-0.25, -0.2) is 4.98 Å². The number of fused-ring (bicyclic) bond motifs is 1. The van der Waals surface area contributed by atoms with Crippen LogP contribution in [-0.4, -0.2) is 41.0 Å². The van der Waals surface area contributed by atoms with Gasteiger partial charge in [-0.3, -0.25) is 14.2 Å². The number of aromatic nitrogens is 2. The number of benzene rings is 2. The maximum Gasteiger partial charge on any atom is 0.262 e. The van der Waals surface area contributed by atoms with Crippen LogP contribution in [0.25, 0.3) is 10.9 Å². The highest BCUT2D eigenvalue weighted by molar-refractivity contribution is 7.99. The quantitative estimate of drug-likeness (QED) is 0.429. The Bertz CT molecular complexity index is 1110. The number of methoxy groups -OCH3 is 1. The van der Waals surface area contributed by atoms with Gasteiger partial charge >= 0.3 is 0 Å². The van der Waals surface area contributed by atoms with Gasteiger partial charge in [-0.15, -0.1) is 0 Å². The average Bonchev–Trinajstić information content (AvgIpc) is 3.32. The van der Waals surface area contributed by atoms with Crippen molar-refractivity contribution in [2.45, 2.75) is 37.2 Å². The predicted molar refractivity (Wildman–Crippen MR) is 121 cm³/mol. The minimum absolute atomic E-state index is 0.00362. The van der Waals surface area contributed by atoms with Crippen LogP contribution >= 0.6 is 11.8 Å². The molecule has 1 amide bonds. The molecule has 0 spiro atoms. The first-order valence-electron chi connectivity index (χ1n) is 10.3. The van der Waals surface area contributed by atoms with E-state index >= 15 is 0 Å². The Morgan fingerprint density at radius 1 is 1.26 bits per heavy atom. The molecule has 1 aliphatic heterocycles. The van der Waals surface area contributed by atoms with Crippen molar-refractivity contribution in [3.05, 3.63) is 64.4 Å². The molecular weight excluding hydrogens is 414 g/mol. The Morgan fingerprint density at radius 2 is 2.06 bits per heavy atom. The molecule has 0 saturated carbocycles. The number of hydrogen-bond donors (Lipinski definition) is 1. The van der Waals surface area contributed by atoms with E-state index in [4.69, 9.17) is 9.47 Å². The van der Waals surface area contributed by atoms with Gasteiger partial charge in [0.25, 0.3) is 5.56 Å². The average molecular weight is 440 g/mol. The van der Waals surface area contributed by atoms with Crippen LogP contribution in [0.4, 0.5) is 0 Å². The van der Waals surface area contributed by atoms with Gasteiger partial charge in [0.2, 0.25) is 5.91 Å². The van der Waals surface area contributed by atoms with Crippen molar-refractivity contribution in [1.29, 1.82) is 0 Å². The van der Waals surface area contributed by atoms with E-state index in [1.165, 1.54) is 11.8 Å². The highest BCUT2D eigenvalue weighted by Crippen LogP contribution is 2.21. The number of rotatable bonds is 8. The lowest BCUT2D eigenvalue weighted by atomic mass is 10.2. The fraction of sp³-hybridized carbons (Fsp3) is 0.348. The first-order valence-corrected chi connectivity index (χ1v) is 11.3. The van der Waals surface area contributed by atoms with E-state index in [1.54, 1.807) is 17.7 Å². The lowest BCUT2D eigenvalue weighted by Crippen LogP contribution is -2.30. The van der Waals surface area contributed by atoms with Crippen LogP contribution in [0.2, 0.25) is 0 Å². The first kappa shape index (κ1) is 21.4. The molecule has 1 unspecified atom stereocenters. The van der Waals surface area contributed by atoms with E-state index in [0.717, 1.165) is 30.8 Å². The molecule has 1 saturated heterocycles. The summed E-state index contributed by atoms with van der Waals surface area (Å²) in [7, 11) is 1.62. The largest absolute Gasteiger partial charge is 0.497 e. The highest BCUT2D eigenvalue weighted by atomic mass is 32.2. The molecule has 1 N–H and O–H groups in total. The topological polar surface area (TPSA) is 82.5 Å². The number of nitrogens with zero attached hydrogens (tertiary/aromatic N) is 2. The predicted octanol–water partition coefficient (Wildman–Crippen LogP) is 2.99. The second-order valence-electron chi connectivity index (χ2n) is 7.38. The third kappa shape index (κ3) is 5.26. The minimum atomic E-state index is -0.119. The number of ether oxygens (including phenoxy) is 2. The van der Waals surface area contributed by atoms with Gasteiger partial charge in [0.05, 0.1) is 36.4 Å². The van der Waals surface area contributed by atoms with Crippen LogP contribution in [0, 0.1) is 0 Å². The zero-order valence-corrected chi connectivity index (χ0v) is 18.2. The molecule has 3 aromatic rings. The minimum Gasteiger partial charge on any atom is -0.497 e. The third-order valence-electron chi connectivity index (χ3n) is 5.22. The summed E-state index contributed by atoms with van der Waals surface area (Å²) in [5, 5.41) is 4.03. The summed E-state index contributed by atoms with van der Waals surface area (Å²) in [6.45, 7) is 1.60. The van der Waals surface area contributed by atoms with Gasteiger partial charge in [-0.1, -0.05) is 36.0 Å². The van der Waals surface area contributed by atoms with Gasteiger partial charge in [-0.2, -0.15) is 0 Å². The number of amides is 1. The standard InChI is InChI=1S/C23H25N3O4S/c1-29-17-10-8-16(9-11-17)13-24-21(27)15-31-23-25-20-7-3-2-6-19(20)22(28)26(23)14-18-5-4-12-30-18/h2-3,6-11,18H,4-5,12-15H2,1H3,(H,24,27). The zero-order valence-electron chi connectivity index (χ0n) is 17.4. The molecule has 31 heavy (non-hydrogen) atoms. The van der Waals surface area contributed by atoms with Crippen molar-refractivity contribution >= 4 is 28.6 Å². The normalized spacial score (nSPS) is 15.8. The molecule has 8 heteroatoms. The molecule has 162 valence electrons. The molecular formula is C23H25N3O4S. The Labute approximate surface area is 184 Å². The van der Waals surface area contributed by atoms with Crippen LogP contribution in [0.1, 0.15) is 18.4 Å². The van der Waals surface area contributed by atoms with Crippen molar-refractivity contribution in [2.75, 3.05) is 19.5 Å². The van der Waals surface area contributed by atoms with E-state index in [9.17, 15) is 9.59 Å². The molecule has 2 heterocycles. The summed E-state index contributed by atoms with van der Waals surface area (Å²) in [6.07, 6.45) is 1.92. The van der Waals surface area contributed by atoms with Crippen molar-refractivity contribution in [3.63, 3.8) is 0 Å². The molecule has 2 aromatic carbocycles. The monoisotopic (exact) mass is 439 g/mol. The second kappa shape index (κ2) is 9.98. The van der Waals surface area contributed by atoms with Gasteiger partial charge in [0.15, 0.2) is 5.16 Å². The summed E-state index contributed by atoms with van der Waals surface area (Å²) in [5.41, 5.74) is 1.53. The van der Waals surface area contributed by atoms with Crippen molar-refractivity contribution in [1.82, 2.24) is 14.9 Å². The Balaban J connectivity index is 1.45. The van der Waals surface area contributed by atoms with E-state index in [1.807, 2.05) is 42.5 Å². The van der Waals surface area contributed by atoms with Crippen LogP contribution in [0.5, 0.6) is 5.75 Å². The lowest BCUT2D eigenvalue weighted by Gasteiger charge is -2.16. The molecule has 0 aliphatic carbocycles. The number of thioether (sulfide) groups is 1. The summed E-state index contributed by atoms with van der Waals surface area (Å²) < 4.78 is 12.5. The zero-order chi connectivity index (χ0) is 21.6. The van der Waals surface area contributed by atoms with Gasteiger partial charge < -0.3 is 14.8 Å². The fourth-order valence-corrected chi connectivity index (χ4v) is 4.37. The molecule has 1 aromatic heterocycles. The second-order valence-corrected chi connectivity index (χ2v) is 8.32. The maximum absolute atomic E-state index is 13.1. The maximum atomic E-state index is 13.1. The molecule has 1 atom stereocenters. The Morgan fingerprint density at radius 3 is 2.81 bits per heavy atom. The van der Waals surface area contributed by atoms with Crippen molar-refractivity contribution in [3.8, 4) is 5.75 Å². The van der Waals surface area contributed by atoms with Gasteiger partial charge in [-0.05, 0) is 42.7 Å². The number of carbonyl (C=O) groups is 1. The molecule has 0 radical (unpaired) electrons. The smallest absolute Gasteiger partial charge is 0.262 e.